The lowest BCUT2D eigenvalue weighted by atomic mass is 9.38. The smallest absolute Gasteiger partial charge is 0.0963 e. The van der Waals surface area contributed by atoms with Gasteiger partial charge in [-0.1, -0.05) is 60.8 Å². The summed E-state index contributed by atoms with van der Waals surface area (Å²) >= 11 is 0. The highest BCUT2D eigenvalue weighted by Gasteiger charge is 2.70. The molecule has 4 fully saturated rings. The highest BCUT2D eigenvalue weighted by molar-refractivity contribution is 5.20. The second kappa shape index (κ2) is 8.25. The summed E-state index contributed by atoms with van der Waals surface area (Å²) in [7, 11) is 0. The maximum Gasteiger partial charge on any atom is 0.0963 e. The quantitative estimate of drug-likeness (QED) is 0.463. The Hall–Kier alpha value is -0.0800. The van der Waals surface area contributed by atoms with Gasteiger partial charge in [-0.25, -0.2) is 0 Å². The maximum atomic E-state index is 12.1. The van der Waals surface area contributed by atoms with E-state index in [1.165, 1.54) is 51.4 Å². The van der Waals surface area contributed by atoms with E-state index >= 15 is 0 Å². The van der Waals surface area contributed by atoms with Gasteiger partial charge in [0.2, 0.25) is 0 Å². The molecule has 0 spiro atoms. The molecule has 8 atom stereocenters. The zero-order valence-electron chi connectivity index (χ0n) is 22.7. The van der Waals surface area contributed by atoms with Gasteiger partial charge in [0.25, 0.3) is 0 Å². The molecule has 1 heterocycles. The molecule has 4 aliphatic rings. The lowest BCUT2D eigenvalue weighted by molar-refractivity contribution is -0.258. The van der Waals surface area contributed by atoms with E-state index in [1.807, 2.05) is 0 Å². The monoisotopic (exact) mass is 446 g/mol. The third-order valence-electron chi connectivity index (χ3n) is 12.3. The number of aliphatic hydroxyl groups is 1. The maximum absolute atomic E-state index is 12.1. The van der Waals surface area contributed by atoms with Gasteiger partial charge >= 0.3 is 0 Å². The topological polar surface area (TPSA) is 29.5 Å². The molecule has 3 aliphatic carbocycles. The van der Waals surface area contributed by atoms with Crippen molar-refractivity contribution in [3.05, 3.63) is 0 Å². The van der Waals surface area contributed by atoms with E-state index < -0.39 is 11.2 Å². The van der Waals surface area contributed by atoms with Crippen molar-refractivity contribution in [1.82, 2.24) is 0 Å². The zero-order chi connectivity index (χ0) is 23.6. The lowest BCUT2D eigenvalue weighted by Gasteiger charge is -2.68. The van der Waals surface area contributed by atoms with E-state index in [0.717, 1.165) is 49.5 Å². The number of hydrogen-bond acceptors (Lipinski definition) is 2. The van der Waals surface area contributed by atoms with Crippen LogP contribution in [-0.2, 0) is 4.74 Å². The molecule has 0 aromatic rings. The molecular formula is C30H54O2. The molecule has 3 saturated carbocycles. The first kappa shape index (κ1) is 25.0. The Labute approximate surface area is 199 Å². The molecule has 0 radical (unpaired) electrons. The molecule has 0 aromatic heterocycles. The van der Waals surface area contributed by atoms with Crippen LogP contribution in [0.5, 0.6) is 0 Å². The van der Waals surface area contributed by atoms with Crippen LogP contribution in [0.15, 0.2) is 0 Å². The summed E-state index contributed by atoms with van der Waals surface area (Å²) < 4.78 is 6.27. The van der Waals surface area contributed by atoms with Crippen LogP contribution in [0.1, 0.15) is 126 Å². The molecule has 2 nitrogen and oxygen atoms in total. The standard InChI is InChI=1S/C30H54O2/c1-21(2)11-9-12-22(3)23-14-16-29(8)24-15-17-30(31)25(13-10-20-32-26(30,4)5)27(24,6)18-19-28(23,29)7/h21-25,31H,9-20H2,1-8H3/t22-,23-,24-,25-,27+,28-,29+,30-/m0/s1. The Bertz CT molecular complexity index is 684. The zero-order valence-corrected chi connectivity index (χ0v) is 22.7. The Morgan fingerprint density at radius 2 is 1.53 bits per heavy atom. The van der Waals surface area contributed by atoms with Crippen LogP contribution >= 0.6 is 0 Å². The van der Waals surface area contributed by atoms with Crippen molar-refractivity contribution in [2.24, 2.45) is 45.8 Å². The summed E-state index contributed by atoms with van der Waals surface area (Å²) in [5.41, 5.74) is -0.00776. The molecule has 0 bridgehead atoms. The average Bonchev–Trinajstić information content (AvgIpc) is 2.90. The summed E-state index contributed by atoms with van der Waals surface area (Å²) in [6, 6.07) is 0. The molecule has 1 saturated heterocycles. The molecule has 32 heavy (non-hydrogen) atoms. The molecule has 0 amide bonds. The first-order valence-electron chi connectivity index (χ1n) is 14.2. The summed E-state index contributed by atoms with van der Waals surface area (Å²) in [6.45, 7) is 20.4. The van der Waals surface area contributed by atoms with Crippen molar-refractivity contribution in [2.75, 3.05) is 6.61 Å². The third kappa shape index (κ3) is 3.47. The molecule has 4 rings (SSSR count). The van der Waals surface area contributed by atoms with Crippen LogP contribution in [0.2, 0.25) is 0 Å². The molecule has 0 unspecified atom stereocenters. The third-order valence-corrected chi connectivity index (χ3v) is 12.3. The van der Waals surface area contributed by atoms with Gasteiger partial charge in [-0.2, -0.15) is 0 Å². The molecule has 1 N–H and O–H groups in total. The van der Waals surface area contributed by atoms with Gasteiger partial charge in [-0.3, -0.25) is 0 Å². The van der Waals surface area contributed by atoms with Crippen LogP contribution in [0.3, 0.4) is 0 Å². The van der Waals surface area contributed by atoms with Crippen LogP contribution in [0.4, 0.5) is 0 Å². The summed E-state index contributed by atoms with van der Waals surface area (Å²) in [5.74, 6) is 3.65. The van der Waals surface area contributed by atoms with Crippen molar-refractivity contribution in [3.8, 4) is 0 Å². The predicted molar refractivity (Wildman–Crippen MR) is 135 cm³/mol. The lowest BCUT2D eigenvalue weighted by Crippen LogP contribution is -2.67. The van der Waals surface area contributed by atoms with Gasteiger partial charge in [0.15, 0.2) is 0 Å². The van der Waals surface area contributed by atoms with Crippen LogP contribution < -0.4 is 0 Å². The van der Waals surface area contributed by atoms with E-state index in [-0.39, 0.29) is 5.41 Å². The minimum Gasteiger partial charge on any atom is -0.387 e. The first-order valence-corrected chi connectivity index (χ1v) is 14.2. The van der Waals surface area contributed by atoms with Gasteiger partial charge in [-0.05, 0) is 111 Å². The summed E-state index contributed by atoms with van der Waals surface area (Å²) in [4.78, 5) is 0. The van der Waals surface area contributed by atoms with Gasteiger partial charge in [0.1, 0.15) is 0 Å². The second-order valence-electron chi connectivity index (χ2n) is 14.4. The Balaban J connectivity index is 1.61. The highest BCUT2D eigenvalue weighted by Crippen LogP contribution is 2.75. The van der Waals surface area contributed by atoms with Gasteiger partial charge in [0.05, 0.1) is 11.2 Å². The van der Waals surface area contributed by atoms with Crippen molar-refractivity contribution in [2.45, 2.75) is 137 Å². The van der Waals surface area contributed by atoms with E-state index in [4.69, 9.17) is 4.74 Å². The Morgan fingerprint density at radius 3 is 2.22 bits per heavy atom. The van der Waals surface area contributed by atoms with Crippen LogP contribution in [0, 0.1) is 45.8 Å². The van der Waals surface area contributed by atoms with Crippen molar-refractivity contribution >= 4 is 0 Å². The van der Waals surface area contributed by atoms with E-state index in [1.54, 1.807) is 0 Å². The van der Waals surface area contributed by atoms with Gasteiger partial charge < -0.3 is 9.84 Å². The van der Waals surface area contributed by atoms with Crippen molar-refractivity contribution in [1.29, 1.82) is 0 Å². The normalized spacial score (nSPS) is 49.1. The second-order valence-corrected chi connectivity index (χ2v) is 14.4. The Kier molecular flexibility index (Phi) is 6.45. The minimum atomic E-state index is -0.680. The fourth-order valence-electron chi connectivity index (χ4n) is 10.1. The SMILES string of the molecule is CC(C)CCC[C@H](C)[C@@H]1CC[C@]2(C)[C@H]3CC[C@]4(O)[C@@H](CCCOC4(C)C)[C@]3(C)CC[C@@]12C. The molecule has 186 valence electrons. The molecule has 0 aromatic carbocycles. The summed E-state index contributed by atoms with van der Waals surface area (Å²) in [5, 5.41) is 12.1. The number of ether oxygens (including phenoxy) is 1. The summed E-state index contributed by atoms with van der Waals surface area (Å²) in [6.07, 6.45) is 14.0. The van der Waals surface area contributed by atoms with Crippen LogP contribution in [-0.4, -0.2) is 22.9 Å². The molecular weight excluding hydrogens is 392 g/mol. The number of rotatable bonds is 5. The first-order chi connectivity index (χ1) is 14.8. The molecule has 2 heteroatoms. The Morgan fingerprint density at radius 1 is 0.812 bits per heavy atom. The highest BCUT2D eigenvalue weighted by atomic mass is 16.5. The predicted octanol–water partition coefficient (Wildman–Crippen LogP) is 8.02. The fourth-order valence-corrected chi connectivity index (χ4v) is 10.1. The van der Waals surface area contributed by atoms with Gasteiger partial charge in [-0.15, -0.1) is 0 Å². The van der Waals surface area contributed by atoms with Gasteiger partial charge in [0, 0.05) is 6.61 Å². The van der Waals surface area contributed by atoms with E-state index in [0.29, 0.717) is 16.7 Å². The largest absolute Gasteiger partial charge is 0.387 e. The van der Waals surface area contributed by atoms with Crippen molar-refractivity contribution in [3.63, 3.8) is 0 Å². The number of hydrogen-bond donors (Lipinski definition) is 1. The minimum absolute atomic E-state index is 0.238. The van der Waals surface area contributed by atoms with Crippen LogP contribution in [0.25, 0.3) is 0 Å². The van der Waals surface area contributed by atoms with Crippen molar-refractivity contribution < 1.29 is 9.84 Å². The number of fused-ring (bicyclic) bond motifs is 5. The average molecular weight is 447 g/mol. The van der Waals surface area contributed by atoms with E-state index in [9.17, 15) is 5.11 Å². The molecule has 1 aliphatic heterocycles. The fraction of sp³-hybridized carbons (Fsp3) is 1.00. The van der Waals surface area contributed by atoms with E-state index in [2.05, 4.69) is 55.4 Å².